The molecule has 4 aromatic rings. The summed E-state index contributed by atoms with van der Waals surface area (Å²) in [7, 11) is 0. The van der Waals surface area contributed by atoms with Crippen LogP contribution in [0.25, 0.3) is 11.3 Å². The molecule has 0 aliphatic rings. The van der Waals surface area contributed by atoms with Gasteiger partial charge in [0.05, 0.1) is 18.8 Å². The molecule has 1 aromatic heterocycles. The Bertz CT molecular complexity index is 1250. The van der Waals surface area contributed by atoms with Crippen molar-refractivity contribution in [1.29, 1.82) is 0 Å². The van der Waals surface area contributed by atoms with E-state index in [0.717, 1.165) is 46.0 Å². The summed E-state index contributed by atoms with van der Waals surface area (Å²) in [6.45, 7) is 6.03. The van der Waals surface area contributed by atoms with Crippen LogP contribution in [-0.4, -0.2) is 27.5 Å². The van der Waals surface area contributed by atoms with Crippen LogP contribution in [0.1, 0.15) is 54.3 Å². The zero-order valence-corrected chi connectivity index (χ0v) is 22.3. The van der Waals surface area contributed by atoms with E-state index in [0.29, 0.717) is 25.6 Å². The number of rotatable bonds is 13. The monoisotopic (exact) mass is 514 g/mol. The third-order valence-corrected chi connectivity index (χ3v) is 7.34. The third kappa shape index (κ3) is 7.75. The molecule has 1 heterocycles. The molecule has 0 amide bonds. The Morgan fingerprint density at radius 3 is 2.27 bits per heavy atom. The van der Waals surface area contributed by atoms with Gasteiger partial charge in [0, 0.05) is 17.5 Å². The lowest BCUT2D eigenvalue weighted by Crippen LogP contribution is -2.28. The van der Waals surface area contributed by atoms with Gasteiger partial charge < -0.3 is 9.84 Å². The smallest absolute Gasteiger partial charge is 0.317 e. The molecule has 1 N–H and O–H groups in total. The van der Waals surface area contributed by atoms with Gasteiger partial charge in [-0.05, 0) is 59.7 Å². The summed E-state index contributed by atoms with van der Waals surface area (Å²) in [5, 5.41) is 12.3. The van der Waals surface area contributed by atoms with Crippen LogP contribution in [0.2, 0.25) is 0 Å². The van der Waals surface area contributed by atoms with E-state index in [9.17, 15) is 9.90 Å². The second-order valence-electron chi connectivity index (χ2n) is 9.22. The fourth-order valence-corrected chi connectivity index (χ4v) is 5.29. The molecule has 0 unspecified atom stereocenters. The zero-order chi connectivity index (χ0) is 26.0. The Labute approximate surface area is 223 Å². The predicted molar refractivity (Wildman–Crippen MR) is 150 cm³/mol. The minimum atomic E-state index is -0.842. The number of ether oxygens (including phenoxy) is 1. The third-order valence-electron chi connectivity index (χ3n) is 6.51. The van der Waals surface area contributed by atoms with Gasteiger partial charge in [-0.15, -0.1) is 11.3 Å². The summed E-state index contributed by atoms with van der Waals surface area (Å²) in [5.74, 6) is 0.599. The lowest BCUT2D eigenvalue weighted by molar-refractivity contribution is -0.138. The number of benzene rings is 3. The highest BCUT2D eigenvalue weighted by Gasteiger charge is 2.14. The van der Waals surface area contributed by atoms with Crippen molar-refractivity contribution in [2.75, 3.05) is 6.54 Å². The highest BCUT2D eigenvalue weighted by atomic mass is 32.1. The first kappa shape index (κ1) is 26.6. The maximum atomic E-state index is 11.4. The van der Waals surface area contributed by atoms with Gasteiger partial charge in [0.2, 0.25) is 0 Å². The van der Waals surface area contributed by atoms with Crippen molar-refractivity contribution in [1.82, 2.24) is 9.88 Å². The average Bonchev–Trinajstić information content (AvgIpc) is 3.38. The minimum absolute atomic E-state index is 0.0314. The number of hydrogen-bond donors (Lipinski definition) is 1. The summed E-state index contributed by atoms with van der Waals surface area (Å²) in [6.07, 6.45) is 2.32. The topological polar surface area (TPSA) is 62.7 Å². The van der Waals surface area contributed by atoms with Gasteiger partial charge in [-0.2, -0.15) is 0 Å². The average molecular weight is 515 g/mol. The second kappa shape index (κ2) is 13.2. The molecule has 6 heteroatoms. The van der Waals surface area contributed by atoms with Crippen LogP contribution in [0.5, 0.6) is 5.75 Å². The fourth-order valence-electron chi connectivity index (χ4n) is 4.44. The molecule has 37 heavy (non-hydrogen) atoms. The molecular weight excluding hydrogens is 480 g/mol. The number of carbonyl (C=O) groups is 1. The van der Waals surface area contributed by atoms with E-state index < -0.39 is 5.97 Å². The SMILES string of the molecule is CCC(CC)c1ccc(COc2ccc(-c3csc(CN(CC(=O)O)Cc4ccccc4)n3)cc2)cc1. The first-order valence-corrected chi connectivity index (χ1v) is 13.7. The predicted octanol–water partition coefficient (Wildman–Crippen LogP) is 7.38. The lowest BCUT2D eigenvalue weighted by Gasteiger charge is -2.19. The van der Waals surface area contributed by atoms with E-state index in [1.807, 2.05) is 64.9 Å². The van der Waals surface area contributed by atoms with Crippen LogP contribution in [0.3, 0.4) is 0 Å². The quantitative estimate of drug-likeness (QED) is 0.202. The van der Waals surface area contributed by atoms with Crippen molar-refractivity contribution < 1.29 is 14.6 Å². The maximum absolute atomic E-state index is 11.4. The standard InChI is InChI=1S/C31H34N2O3S/c1-3-25(4-2)26-12-10-24(11-13-26)21-36-28-16-14-27(15-17-28)29-22-37-30(32-29)19-33(20-31(34)35)18-23-8-6-5-7-9-23/h5-17,22,25H,3-4,18-21H2,1-2H3,(H,34,35). The van der Waals surface area contributed by atoms with Gasteiger partial charge in [0.1, 0.15) is 17.4 Å². The van der Waals surface area contributed by atoms with Crippen LogP contribution >= 0.6 is 11.3 Å². The van der Waals surface area contributed by atoms with Crippen molar-refractivity contribution in [2.45, 2.75) is 52.3 Å². The van der Waals surface area contributed by atoms with Crippen LogP contribution in [0, 0.1) is 0 Å². The molecule has 0 saturated carbocycles. The van der Waals surface area contributed by atoms with E-state index >= 15 is 0 Å². The molecule has 0 atom stereocenters. The molecule has 0 saturated heterocycles. The molecule has 0 bridgehead atoms. The number of aromatic nitrogens is 1. The van der Waals surface area contributed by atoms with Gasteiger partial charge in [-0.3, -0.25) is 9.69 Å². The van der Waals surface area contributed by atoms with Crippen LogP contribution in [0.15, 0.2) is 84.2 Å². The Hall–Kier alpha value is -3.48. The van der Waals surface area contributed by atoms with E-state index in [4.69, 9.17) is 9.72 Å². The first-order chi connectivity index (χ1) is 18.0. The molecule has 3 aromatic carbocycles. The molecule has 0 aliphatic carbocycles. The zero-order valence-electron chi connectivity index (χ0n) is 21.5. The second-order valence-corrected chi connectivity index (χ2v) is 10.2. The Balaban J connectivity index is 1.34. The summed E-state index contributed by atoms with van der Waals surface area (Å²) in [5.41, 5.74) is 5.53. The first-order valence-electron chi connectivity index (χ1n) is 12.8. The molecule has 0 spiro atoms. The Morgan fingerprint density at radius 2 is 1.62 bits per heavy atom. The molecule has 0 radical (unpaired) electrons. The van der Waals surface area contributed by atoms with E-state index in [-0.39, 0.29) is 6.54 Å². The highest BCUT2D eigenvalue weighted by Crippen LogP contribution is 2.26. The molecule has 192 valence electrons. The molecular formula is C31H34N2O3S. The summed E-state index contributed by atoms with van der Waals surface area (Å²) < 4.78 is 6.01. The number of aliphatic carboxylic acids is 1. The summed E-state index contributed by atoms with van der Waals surface area (Å²) in [6, 6.07) is 26.6. The molecule has 5 nitrogen and oxygen atoms in total. The maximum Gasteiger partial charge on any atom is 0.317 e. The van der Waals surface area contributed by atoms with Gasteiger partial charge >= 0.3 is 5.97 Å². The number of nitrogens with zero attached hydrogens (tertiary/aromatic N) is 2. The van der Waals surface area contributed by atoms with Gasteiger partial charge in [-0.25, -0.2) is 4.98 Å². The van der Waals surface area contributed by atoms with Gasteiger partial charge in [0.25, 0.3) is 0 Å². The molecule has 0 fully saturated rings. The van der Waals surface area contributed by atoms with Gasteiger partial charge in [-0.1, -0.05) is 68.4 Å². The minimum Gasteiger partial charge on any atom is -0.489 e. The summed E-state index contributed by atoms with van der Waals surface area (Å²) in [4.78, 5) is 18.1. The molecule has 4 rings (SSSR count). The number of hydrogen-bond acceptors (Lipinski definition) is 5. The van der Waals surface area contributed by atoms with Crippen LogP contribution in [0.4, 0.5) is 0 Å². The van der Waals surface area contributed by atoms with Crippen molar-refractivity contribution in [3.63, 3.8) is 0 Å². The molecule has 0 aliphatic heterocycles. The Morgan fingerprint density at radius 1 is 0.919 bits per heavy atom. The lowest BCUT2D eigenvalue weighted by atomic mass is 9.93. The van der Waals surface area contributed by atoms with Crippen molar-refractivity contribution in [3.8, 4) is 17.0 Å². The van der Waals surface area contributed by atoms with E-state index in [1.165, 1.54) is 5.56 Å². The Kier molecular flexibility index (Phi) is 9.46. The van der Waals surface area contributed by atoms with Crippen molar-refractivity contribution in [3.05, 3.63) is 106 Å². The van der Waals surface area contributed by atoms with Gasteiger partial charge in [0.15, 0.2) is 0 Å². The van der Waals surface area contributed by atoms with E-state index in [2.05, 4.69) is 38.1 Å². The highest BCUT2D eigenvalue weighted by molar-refractivity contribution is 7.09. The normalized spacial score (nSPS) is 11.2. The largest absolute Gasteiger partial charge is 0.489 e. The number of carboxylic acid groups (broad SMARTS) is 1. The van der Waals surface area contributed by atoms with Crippen molar-refractivity contribution in [2.24, 2.45) is 0 Å². The number of thiazole rings is 1. The van der Waals surface area contributed by atoms with Crippen molar-refractivity contribution >= 4 is 17.3 Å². The summed E-state index contributed by atoms with van der Waals surface area (Å²) >= 11 is 1.55. The van der Waals surface area contributed by atoms with Crippen LogP contribution < -0.4 is 4.74 Å². The fraction of sp³-hybridized carbons (Fsp3) is 0.290. The number of carboxylic acids is 1. The van der Waals surface area contributed by atoms with E-state index in [1.54, 1.807) is 11.3 Å². The van der Waals surface area contributed by atoms with Crippen LogP contribution in [-0.2, 0) is 24.5 Å².